The quantitative estimate of drug-likeness (QED) is 0.748. The van der Waals surface area contributed by atoms with Crippen LogP contribution in [0.2, 0.25) is 0 Å². The first-order valence-electron chi connectivity index (χ1n) is 9.43. The van der Waals surface area contributed by atoms with Gasteiger partial charge in [0.2, 0.25) is 0 Å². The minimum absolute atomic E-state index is 0.00901. The Hall–Kier alpha value is -2.86. The molecule has 6 nitrogen and oxygen atoms in total. The van der Waals surface area contributed by atoms with Crippen molar-refractivity contribution in [2.45, 2.75) is 32.9 Å². The third kappa shape index (κ3) is 4.17. The van der Waals surface area contributed by atoms with Crippen LogP contribution in [0.4, 0.5) is 5.69 Å². The highest BCUT2D eigenvalue weighted by atomic mass is 16.5. The van der Waals surface area contributed by atoms with Crippen molar-refractivity contribution in [3.05, 3.63) is 53.1 Å². The van der Waals surface area contributed by atoms with Gasteiger partial charge in [0, 0.05) is 23.2 Å². The molecule has 2 atom stereocenters. The fourth-order valence-electron chi connectivity index (χ4n) is 3.58. The summed E-state index contributed by atoms with van der Waals surface area (Å²) < 4.78 is 10.8. The van der Waals surface area contributed by atoms with Gasteiger partial charge in [-0.25, -0.2) is 0 Å². The molecule has 0 aromatic heterocycles. The van der Waals surface area contributed by atoms with Crippen LogP contribution in [0.25, 0.3) is 0 Å². The van der Waals surface area contributed by atoms with Crippen LogP contribution in [0.1, 0.15) is 35.3 Å². The highest BCUT2D eigenvalue weighted by Gasteiger charge is 2.30. The number of ketones is 1. The van der Waals surface area contributed by atoms with Gasteiger partial charge in [-0.05, 0) is 55.8 Å². The highest BCUT2D eigenvalue weighted by molar-refractivity contribution is 5.96. The molecule has 2 aromatic rings. The number of carbonyl (C=O) groups excluding carboxylic acids is 2. The van der Waals surface area contributed by atoms with Crippen molar-refractivity contribution < 1.29 is 24.0 Å². The Morgan fingerprint density at radius 2 is 1.64 bits per heavy atom. The van der Waals surface area contributed by atoms with Crippen molar-refractivity contribution in [1.82, 2.24) is 0 Å². The minimum atomic E-state index is -0.200. The molecule has 1 amide bonds. The van der Waals surface area contributed by atoms with Gasteiger partial charge < -0.3 is 19.7 Å². The monoisotopic (exact) mass is 383 g/mol. The minimum Gasteiger partial charge on any atom is -0.493 e. The van der Waals surface area contributed by atoms with E-state index >= 15 is 0 Å². The zero-order valence-electron chi connectivity index (χ0n) is 16.8. The van der Waals surface area contributed by atoms with E-state index in [0.717, 1.165) is 25.3 Å². The molecule has 0 fully saturated rings. The molecule has 1 aliphatic rings. The van der Waals surface area contributed by atoms with E-state index in [1.54, 1.807) is 38.5 Å². The molecule has 148 valence electrons. The normalized spacial score (nSPS) is 16.6. The Morgan fingerprint density at radius 3 is 2.21 bits per heavy atom. The maximum atomic E-state index is 12.7. The summed E-state index contributed by atoms with van der Waals surface area (Å²) in [5, 5.41) is 2.95. The fraction of sp³-hybridized carbons (Fsp3) is 0.364. The smallest absolute Gasteiger partial charge is 0.282 e. The maximum absolute atomic E-state index is 12.7. The van der Waals surface area contributed by atoms with E-state index in [4.69, 9.17) is 9.47 Å². The van der Waals surface area contributed by atoms with Crippen LogP contribution in [-0.2, 0) is 17.8 Å². The molecule has 0 aliphatic carbocycles. The number of hydrogen-bond acceptors (Lipinski definition) is 4. The lowest BCUT2D eigenvalue weighted by atomic mass is 9.97. The molecule has 1 unspecified atom stereocenters. The molecule has 1 aliphatic heterocycles. The Labute approximate surface area is 165 Å². The zero-order chi connectivity index (χ0) is 20.3. The van der Waals surface area contributed by atoms with Crippen molar-refractivity contribution in [3.8, 4) is 11.5 Å². The van der Waals surface area contributed by atoms with Gasteiger partial charge in [-0.15, -0.1) is 0 Å². The van der Waals surface area contributed by atoms with Gasteiger partial charge in [0.15, 0.2) is 23.3 Å². The SMILES string of the molecule is COc1cc2c(cc1OC)C[NH+]([C@H](C)C(=O)Nc1ccc(C(C)=O)cc1)CC2. The van der Waals surface area contributed by atoms with Crippen molar-refractivity contribution in [1.29, 1.82) is 0 Å². The Bertz CT molecular complexity index is 877. The molecule has 2 aromatic carbocycles. The van der Waals surface area contributed by atoms with E-state index in [1.807, 2.05) is 19.1 Å². The largest absolute Gasteiger partial charge is 0.493 e. The van der Waals surface area contributed by atoms with Gasteiger partial charge in [-0.1, -0.05) is 0 Å². The fourth-order valence-corrected chi connectivity index (χ4v) is 3.58. The molecule has 1 heterocycles. The summed E-state index contributed by atoms with van der Waals surface area (Å²) in [4.78, 5) is 25.3. The molecule has 28 heavy (non-hydrogen) atoms. The number of ether oxygens (including phenoxy) is 2. The van der Waals surface area contributed by atoms with E-state index in [2.05, 4.69) is 5.32 Å². The molecule has 0 spiro atoms. The average Bonchev–Trinajstić information content (AvgIpc) is 2.71. The van der Waals surface area contributed by atoms with Gasteiger partial charge in [0.1, 0.15) is 6.54 Å². The maximum Gasteiger partial charge on any atom is 0.282 e. The second-order valence-electron chi connectivity index (χ2n) is 7.16. The van der Waals surface area contributed by atoms with Crippen LogP contribution in [0.15, 0.2) is 36.4 Å². The number of quaternary nitrogens is 1. The third-order valence-electron chi connectivity index (χ3n) is 5.40. The van der Waals surface area contributed by atoms with Crippen LogP contribution in [0.3, 0.4) is 0 Å². The second kappa shape index (κ2) is 8.44. The number of fused-ring (bicyclic) bond motifs is 1. The van der Waals surface area contributed by atoms with Gasteiger partial charge in [0.25, 0.3) is 5.91 Å². The zero-order valence-corrected chi connectivity index (χ0v) is 16.8. The van der Waals surface area contributed by atoms with E-state index in [0.29, 0.717) is 17.0 Å². The van der Waals surface area contributed by atoms with Crippen molar-refractivity contribution in [2.75, 3.05) is 26.1 Å². The van der Waals surface area contributed by atoms with E-state index in [-0.39, 0.29) is 17.7 Å². The second-order valence-corrected chi connectivity index (χ2v) is 7.16. The van der Waals surface area contributed by atoms with E-state index in [9.17, 15) is 9.59 Å². The lowest BCUT2D eigenvalue weighted by Gasteiger charge is -2.30. The number of methoxy groups -OCH3 is 2. The van der Waals surface area contributed by atoms with Crippen LogP contribution in [0, 0.1) is 0 Å². The Balaban J connectivity index is 1.68. The van der Waals surface area contributed by atoms with Gasteiger partial charge in [-0.3, -0.25) is 9.59 Å². The lowest BCUT2D eigenvalue weighted by molar-refractivity contribution is -0.929. The summed E-state index contributed by atoms with van der Waals surface area (Å²) in [5.41, 5.74) is 3.76. The van der Waals surface area contributed by atoms with Gasteiger partial charge in [-0.2, -0.15) is 0 Å². The Kier molecular flexibility index (Phi) is 5.99. The number of anilines is 1. The summed E-state index contributed by atoms with van der Waals surface area (Å²) in [7, 11) is 3.27. The first kappa shape index (κ1) is 19.9. The highest BCUT2D eigenvalue weighted by Crippen LogP contribution is 2.31. The van der Waals surface area contributed by atoms with Crippen molar-refractivity contribution in [2.24, 2.45) is 0 Å². The molecule has 0 saturated carbocycles. The third-order valence-corrected chi connectivity index (χ3v) is 5.40. The van der Waals surface area contributed by atoms with Crippen LogP contribution >= 0.6 is 0 Å². The van der Waals surface area contributed by atoms with E-state index < -0.39 is 0 Å². The number of carbonyl (C=O) groups is 2. The van der Waals surface area contributed by atoms with Gasteiger partial charge >= 0.3 is 0 Å². The molecule has 3 rings (SSSR count). The lowest BCUT2D eigenvalue weighted by Crippen LogP contribution is -3.16. The molecule has 2 N–H and O–H groups in total. The number of amides is 1. The summed E-state index contributed by atoms with van der Waals surface area (Å²) in [6, 6.07) is 10.8. The van der Waals surface area contributed by atoms with Crippen LogP contribution < -0.4 is 19.7 Å². The average molecular weight is 383 g/mol. The standard InChI is InChI=1S/C22H26N2O4/c1-14(22(26)23-19-7-5-16(6-8-19)15(2)25)24-10-9-17-11-20(27-3)21(28-4)12-18(17)13-24/h5-8,11-12,14H,9-10,13H2,1-4H3,(H,23,26)/p+1/t14-/m1/s1. The first-order chi connectivity index (χ1) is 13.4. The first-order valence-corrected chi connectivity index (χ1v) is 9.43. The molecule has 0 bridgehead atoms. The number of benzene rings is 2. The predicted molar refractivity (Wildman–Crippen MR) is 107 cm³/mol. The topological polar surface area (TPSA) is 69.1 Å². The summed E-state index contributed by atoms with van der Waals surface area (Å²) in [6.45, 7) is 5.10. The van der Waals surface area contributed by atoms with Crippen LogP contribution in [0.5, 0.6) is 11.5 Å². The van der Waals surface area contributed by atoms with Crippen molar-refractivity contribution in [3.63, 3.8) is 0 Å². The summed E-state index contributed by atoms with van der Waals surface area (Å²) >= 11 is 0. The van der Waals surface area contributed by atoms with E-state index in [1.165, 1.54) is 23.0 Å². The summed E-state index contributed by atoms with van der Waals surface area (Å²) in [6.07, 6.45) is 0.885. The molecule has 0 radical (unpaired) electrons. The molecular formula is C22H27N2O4+. The number of Topliss-reactive ketones (excluding diaryl/α,β-unsaturated/α-hetero) is 1. The molecule has 6 heteroatoms. The van der Waals surface area contributed by atoms with Gasteiger partial charge in [0.05, 0.1) is 20.8 Å². The molecular weight excluding hydrogens is 356 g/mol. The number of hydrogen-bond donors (Lipinski definition) is 2. The predicted octanol–water partition coefficient (Wildman–Crippen LogP) is 1.87. The Morgan fingerprint density at radius 1 is 1.04 bits per heavy atom. The molecule has 0 saturated heterocycles. The number of rotatable bonds is 6. The van der Waals surface area contributed by atoms with Crippen LogP contribution in [-0.4, -0.2) is 38.5 Å². The van der Waals surface area contributed by atoms with Crippen molar-refractivity contribution >= 4 is 17.4 Å². The number of nitrogens with one attached hydrogen (secondary N) is 2. The summed E-state index contributed by atoms with van der Waals surface area (Å²) in [5.74, 6) is 1.43.